The molecule has 6 heteroatoms. The Kier molecular flexibility index (Phi) is 8.72. The summed E-state index contributed by atoms with van der Waals surface area (Å²) < 4.78 is 16.4. The van der Waals surface area contributed by atoms with Crippen LogP contribution in [0.4, 0.5) is 0 Å². The molecule has 0 amide bonds. The highest BCUT2D eigenvalue weighted by molar-refractivity contribution is 5.79. The third-order valence-corrected chi connectivity index (χ3v) is 5.12. The first-order valence-electron chi connectivity index (χ1n) is 9.92. The summed E-state index contributed by atoms with van der Waals surface area (Å²) in [6, 6.07) is 7.65. The van der Waals surface area contributed by atoms with Crippen molar-refractivity contribution >= 4 is 5.96 Å². The summed E-state index contributed by atoms with van der Waals surface area (Å²) >= 11 is 0. The van der Waals surface area contributed by atoms with E-state index in [9.17, 15) is 0 Å². The number of rotatable bonds is 11. The highest BCUT2D eigenvalue weighted by Gasteiger charge is 2.36. The van der Waals surface area contributed by atoms with Gasteiger partial charge in [-0.15, -0.1) is 0 Å². The predicted molar refractivity (Wildman–Crippen MR) is 110 cm³/mol. The number of methoxy groups -OCH3 is 2. The maximum Gasteiger partial charge on any atom is 0.191 e. The number of guanidine groups is 1. The normalized spacial score (nSPS) is 17.0. The van der Waals surface area contributed by atoms with Gasteiger partial charge in [0.05, 0.1) is 13.7 Å². The molecular formula is C21H35N3O3. The van der Waals surface area contributed by atoms with Gasteiger partial charge in [-0.1, -0.05) is 6.42 Å². The van der Waals surface area contributed by atoms with Gasteiger partial charge in [0.2, 0.25) is 0 Å². The second-order valence-electron chi connectivity index (χ2n) is 7.28. The molecule has 1 atom stereocenters. The smallest absolute Gasteiger partial charge is 0.191 e. The van der Waals surface area contributed by atoms with Crippen LogP contribution in [0.15, 0.2) is 29.3 Å². The molecule has 2 rings (SSSR count). The van der Waals surface area contributed by atoms with Crippen molar-refractivity contribution in [2.45, 2.75) is 45.6 Å². The number of nitrogens with zero attached hydrogens (tertiary/aromatic N) is 1. The summed E-state index contributed by atoms with van der Waals surface area (Å²) in [4.78, 5) is 4.83. The molecule has 1 unspecified atom stereocenters. The lowest BCUT2D eigenvalue weighted by Gasteiger charge is -2.40. The fourth-order valence-corrected chi connectivity index (χ4v) is 3.24. The zero-order valence-electron chi connectivity index (χ0n) is 17.2. The van der Waals surface area contributed by atoms with Crippen LogP contribution in [-0.2, 0) is 4.74 Å². The molecule has 152 valence electrons. The number of hydrogen-bond donors (Lipinski definition) is 2. The lowest BCUT2D eigenvalue weighted by atomic mass is 9.67. The highest BCUT2D eigenvalue weighted by Crippen LogP contribution is 2.44. The Morgan fingerprint density at radius 2 is 1.85 bits per heavy atom. The fraction of sp³-hybridized carbons (Fsp3) is 0.667. The van der Waals surface area contributed by atoms with E-state index < -0.39 is 0 Å². The van der Waals surface area contributed by atoms with Crippen molar-refractivity contribution in [3.8, 4) is 11.5 Å². The zero-order valence-corrected chi connectivity index (χ0v) is 17.2. The maximum atomic E-state index is 5.96. The van der Waals surface area contributed by atoms with Crippen molar-refractivity contribution in [1.29, 1.82) is 0 Å². The summed E-state index contributed by atoms with van der Waals surface area (Å²) in [5.74, 6) is 2.51. The summed E-state index contributed by atoms with van der Waals surface area (Å²) in [5, 5.41) is 6.73. The van der Waals surface area contributed by atoms with Gasteiger partial charge in [0.15, 0.2) is 5.96 Å². The number of ether oxygens (including phenoxy) is 3. The molecule has 0 bridgehead atoms. The molecule has 1 aliphatic rings. The van der Waals surface area contributed by atoms with Crippen LogP contribution >= 0.6 is 0 Å². The molecule has 0 heterocycles. The van der Waals surface area contributed by atoms with Gasteiger partial charge in [-0.3, -0.25) is 4.99 Å². The van der Waals surface area contributed by atoms with E-state index >= 15 is 0 Å². The molecule has 0 aliphatic heterocycles. The van der Waals surface area contributed by atoms with Gasteiger partial charge < -0.3 is 24.8 Å². The van der Waals surface area contributed by atoms with Crippen LogP contribution < -0.4 is 20.1 Å². The van der Waals surface area contributed by atoms with E-state index in [1.807, 2.05) is 31.2 Å². The minimum absolute atomic E-state index is 0.0217. The van der Waals surface area contributed by atoms with Crippen molar-refractivity contribution in [3.63, 3.8) is 0 Å². The predicted octanol–water partition coefficient (Wildman–Crippen LogP) is 3.22. The second-order valence-corrected chi connectivity index (χ2v) is 7.28. The average Bonchev–Trinajstić information content (AvgIpc) is 2.65. The minimum atomic E-state index is 0.0217. The number of aliphatic imine (C=N–C) groups is 1. The first kappa shape index (κ1) is 21.4. The molecule has 27 heavy (non-hydrogen) atoms. The average molecular weight is 378 g/mol. The molecule has 0 spiro atoms. The molecule has 1 aromatic carbocycles. The molecule has 1 fully saturated rings. The quantitative estimate of drug-likeness (QED) is 0.458. The van der Waals surface area contributed by atoms with Gasteiger partial charge >= 0.3 is 0 Å². The molecule has 0 radical (unpaired) electrons. The molecule has 1 saturated carbocycles. The van der Waals surface area contributed by atoms with Crippen LogP contribution in [0, 0.1) is 5.41 Å². The van der Waals surface area contributed by atoms with Crippen LogP contribution in [-0.4, -0.2) is 52.5 Å². The largest absolute Gasteiger partial charge is 0.497 e. The second kappa shape index (κ2) is 11.0. The van der Waals surface area contributed by atoms with E-state index in [4.69, 9.17) is 19.2 Å². The first-order valence-corrected chi connectivity index (χ1v) is 9.92. The Labute approximate surface area is 163 Å². The van der Waals surface area contributed by atoms with E-state index in [-0.39, 0.29) is 6.10 Å². The Balaban J connectivity index is 1.83. The van der Waals surface area contributed by atoms with Crippen molar-refractivity contribution in [2.75, 3.05) is 40.5 Å². The standard InChI is InChI=1S/C21H35N3O3/c1-5-22-20(24-16-21(11-6-12-21)13-14-25-3)23-15-17(2)27-19-9-7-18(26-4)8-10-19/h7-10,17H,5-6,11-16H2,1-4H3,(H2,22,23,24). The lowest BCUT2D eigenvalue weighted by Crippen LogP contribution is -2.43. The van der Waals surface area contributed by atoms with Gasteiger partial charge in [-0.05, 0) is 62.8 Å². The molecule has 6 nitrogen and oxygen atoms in total. The maximum absolute atomic E-state index is 5.96. The van der Waals surface area contributed by atoms with E-state index in [0.717, 1.165) is 43.6 Å². The van der Waals surface area contributed by atoms with E-state index in [1.165, 1.54) is 19.3 Å². The van der Waals surface area contributed by atoms with Gasteiger partial charge in [0.1, 0.15) is 17.6 Å². The molecular weight excluding hydrogens is 342 g/mol. The van der Waals surface area contributed by atoms with Crippen LogP contribution in [0.2, 0.25) is 0 Å². The minimum Gasteiger partial charge on any atom is -0.497 e. The summed E-state index contributed by atoms with van der Waals surface area (Å²) in [6.07, 6.45) is 4.90. The van der Waals surface area contributed by atoms with Crippen LogP contribution in [0.3, 0.4) is 0 Å². The molecule has 0 saturated heterocycles. The number of benzene rings is 1. The molecule has 1 aliphatic carbocycles. The third-order valence-electron chi connectivity index (χ3n) is 5.12. The van der Waals surface area contributed by atoms with Gasteiger partial charge in [0.25, 0.3) is 0 Å². The number of nitrogens with one attached hydrogen (secondary N) is 2. The third kappa shape index (κ3) is 6.94. The summed E-state index contributed by atoms with van der Waals surface area (Å²) in [5.41, 5.74) is 0.323. The van der Waals surface area contributed by atoms with Crippen molar-refractivity contribution in [2.24, 2.45) is 10.4 Å². The monoisotopic (exact) mass is 377 g/mol. The first-order chi connectivity index (χ1) is 13.1. The lowest BCUT2D eigenvalue weighted by molar-refractivity contribution is 0.0778. The van der Waals surface area contributed by atoms with E-state index in [1.54, 1.807) is 14.2 Å². The van der Waals surface area contributed by atoms with Crippen LogP contribution in [0.1, 0.15) is 39.5 Å². The van der Waals surface area contributed by atoms with Crippen LogP contribution in [0.5, 0.6) is 11.5 Å². The van der Waals surface area contributed by atoms with Gasteiger partial charge in [-0.25, -0.2) is 0 Å². The Morgan fingerprint density at radius 1 is 1.15 bits per heavy atom. The van der Waals surface area contributed by atoms with Gasteiger partial charge in [0, 0.05) is 26.8 Å². The Hall–Kier alpha value is -1.95. The van der Waals surface area contributed by atoms with Crippen molar-refractivity contribution in [3.05, 3.63) is 24.3 Å². The summed E-state index contributed by atoms with van der Waals surface area (Å²) in [6.45, 7) is 7.31. The Morgan fingerprint density at radius 3 is 2.41 bits per heavy atom. The van der Waals surface area contributed by atoms with Crippen LogP contribution in [0.25, 0.3) is 0 Å². The Bertz CT molecular complexity index is 571. The zero-order chi connectivity index (χ0) is 19.5. The number of hydrogen-bond acceptors (Lipinski definition) is 4. The highest BCUT2D eigenvalue weighted by atomic mass is 16.5. The van der Waals surface area contributed by atoms with Gasteiger partial charge in [-0.2, -0.15) is 0 Å². The summed E-state index contributed by atoms with van der Waals surface area (Å²) in [7, 11) is 3.43. The topological polar surface area (TPSA) is 64.1 Å². The SMILES string of the molecule is CCNC(=NCC1(CCOC)CCC1)NCC(C)Oc1ccc(OC)cc1. The fourth-order valence-electron chi connectivity index (χ4n) is 3.24. The molecule has 1 aromatic rings. The van der Waals surface area contributed by atoms with Crippen molar-refractivity contribution < 1.29 is 14.2 Å². The molecule has 2 N–H and O–H groups in total. The van der Waals surface area contributed by atoms with E-state index in [2.05, 4.69) is 17.6 Å². The van der Waals surface area contributed by atoms with E-state index in [0.29, 0.717) is 12.0 Å². The van der Waals surface area contributed by atoms with Crippen molar-refractivity contribution in [1.82, 2.24) is 10.6 Å². The molecule has 0 aromatic heterocycles.